The molecule has 1 heterocycles. The number of hydrogen-bond donors (Lipinski definition) is 2. The highest BCUT2D eigenvalue weighted by atomic mass is 15.0. The maximum atomic E-state index is 5.41. The third-order valence-corrected chi connectivity index (χ3v) is 2.62. The minimum Gasteiger partial charge on any atom is -0.317 e. The molecule has 2 atom stereocenters. The minimum atomic E-state index is 0.267. The van der Waals surface area contributed by atoms with Crippen molar-refractivity contribution in [3.63, 3.8) is 0 Å². The third kappa shape index (κ3) is 3.80. The van der Waals surface area contributed by atoms with Crippen LogP contribution < -0.4 is 10.6 Å². The van der Waals surface area contributed by atoms with Gasteiger partial charge in [-0.15, -0.1) is 6.42 Å². The quantitative estimate of drug-likeness (QED) is 0.636. The van der Waals surface area contributed by atoms with Crippen LogP contribution in [-0.2, 0) is 0 Å². The van der Waals surface area contributed by atoms with Crippen LogP contribution in [-0.4, -0.2) is 25.2 Å². The first-order chi connectivity index (χ1) is 6.36. The lowest BCUT2D eigenvalue weighted by Crippen LogP contribution is -2.37. The lowest BCUT2D eigenvalue weighted by molar-refractivity contribution is 0.435. The second kappa shape index (κ2) is 6.01. The Balaban J connectivity index is 2.29. The molecular weight excluding hydrogens is 160 g/mol. The van der Waals surface area contributed by atoms with E-state index >= 15 is 0 Å². The highest BCUT2D eigenvalue weighted by Crippen LogP contribution is 2.06. The average Bonchev–Trinajstić information content (AvgIpc) is 2.42. The van der Waals surface area contributed by atoms with E-state index in [-0.39, 0.29) is 6.04 Å². The Bertz CT molecular complexity index is 163. The average molecular weight is 180 g/mol. The predicted octanol–water partition coefficient (Wildman–Crippen LogP) is 1.13. The van der Waals surface area contributed by atoms with Crippen LogP contribution >= 0.6 is 0 Å². The Hall–Kier alpha value is -0.520. The van der Waals surface area contributed by atoms with E-state index in [4.69, 9.17) is 6.42 Å². The molecule has 13 heavy (non-hydrogen) atoms. The van der Waals surface area contributed by atoms with E-state index in [1.807, 2.05) is 0 Å². The van der Waals surface area contributed by atoms with E-state index in [0.717, 1.165) is 19.5 Å². The van der Waals surface area contributed by atoms with Gasteiger partial charge in [-0.25, -0.2) is 0 Å². The van der Waals surface area contributed by atoms with Gasteiger partial charge in [-0.2, -0.15) is 0 Å². The van der Waals surface area contributed by atoms with Gasteiger partial charge in [-0.3, -0.25) is 0 Å². The van der Waals surface area contributed by atoms with Crippen molar-refractivity contribution in [2.75, 3.05) is 13.1 Å². The molecule has 2 N–H and O–H groups in total. The molecule has 1 saturated heterocycles. The van der Waals surface area contributed by atoms with Gasteiger partial charge in [-0.05, 0) is 38.8 Å². The summed E-state index contributed by atoms with van der Waals surface area (Å²) in [6, 6.07) is 0.888. The van der Waals surface area contributed by atoms with Gasteiger partial charge < -0.3 is 10.6 Å². The maximum absolute atomic E-state index is 5.41. The Labute approximate surface area is 81.5 Å². The lowest BCUT2D eigenvalue weighted by Gasteiger charge is -2.19. The molecule has 1 rings (SSSR count). The van der Waals surface area contributed by atoms with Gasteiger partial charge in [0.05, 0.1) is 6.04 Å². The molecule has 0 spiro atoms. The molecule has 0 saturated carbocycles. The Morgan fingerprint density at radius 3 is 3.08 bits per heavy atom. The van der Waals surface area contributed by atoms with Gasteiger partial charge in [0.1, 0.15) is 0 Å². The molecule has 74 valence electrons. The molecule has 2 nitrogen and oxygen atoms in total. The fourth-order valence-electron chi connectivity index (χ4n) is 1.75. The maximum Gasteiger partial charge on any atom is 0.0686 e. The van der Waals surface area contributed by atoms with E-state index in [9.17, 15) is 0 Å². The number of hydrogen-bond acceptors (Lipinski definition) is 2. The Morgan fingerprint density at radius 1 is 1.54 bits per heavy atom. The summed E-state index contributed by atoms with van der Waals surface area (Å²) in [5, 5.41) is 6.91. The summed E-state index contributed by atoms with van der Waals surface area (Å²) in [6.07, 6.45) is 10.2. The van der Waals surface area contributed by atoms with Crippen molar-refractivity contribution in [3.8, 4) is 12.3 Å². The normalized spacial score (nSPS) is 26.0. The van der Waals surface area contributed by atoms with Crippen LogP contribution in [0.4, 0.5) is 0 Å². The topological polar surface area (TPSA) is 24.1 Å². The highest BCUT2D eigenvalue weighted by molar-refractivity contribution is 4.99. The molecule has 1 aliphatic rings. The SMILES string of the molecule is C#CC(CC)NC1CCCNCC1. The molecule has 2 unspecified atom stereocenters. The zero-order chi connectivity index (χ0) is 9.52. The standard InChI is InChI=1S/C11H20N2/c1-3-10(4-2)13-11-6-5-8-12-9-7-11/h1,10-13H,4-9H2,2H3. The molecule has 0 aromatic rings. The van der Waals surface area contributed by atoms with E-state index in [1.54, 1.807) is 0 Å². The summed E-state index contributed by atoms with van der Waals surface area (Å²) in [5.74, 6) is 2.79. The van der Waals surface area contributed by atoms with Crippen LogP contribution in [0.2, 0.25) is 0 Å². The van der Waals surface area contributed by atoms with Crippen molar-refractivity contribution in [1.82, 2.24) is 10.6 Å². The van der Waals surface area contributed by atoms with Gasteiger partial charge in [0.2, 0.25) is 0 Å². The molecule has 0 aromatic carbocycles. The van der Waals surface area contributed by atoms with Crippen LogP contribution in [0.15, 0.2) is 0 Å². The molecule has 0 amide bonds. The highest BCUT2D eigenvalue weighted by Gasteiger charge is 2.13. The first kappa shape index (κ1) is 10.6. The van der Waals surface area contributed by atoms with Crippen molar-refractivity contribution in [3.05, 3.63) is 0 Å². The fourth-order valence-corrected chi connectivity index (χ4v) is 1.75. The van der Waals surface area contributed by atoms with Crippen LogP contribution in [0.1, 0.15) is 32.6 Å². The molecular formula is C11H20N2. The zero-order valence-corrected chi connectivity index (χ0v) is 8.47. The van der Waals surface area contributed by atoms with Crippen LogP contribution in [0.3, 0.4) is 0 Å². The van der Waals surface area contributed by atoms with Crippen molar-refractivity contribution in [2.24, 2.45) is 0 Å². The molecule has 2 heteroatoms. The van der Waals surface area contributed by atoms with Crippen LogP contribution in [0.5, 0.6) is 0 Å². The lowest BCUT2D eigenvalue weighted by atomic mass is 10.1. The fraction of sp³-hybridized carbons (Fsp3) is 0.818. The zero-order valence-electron chi connectivity index (χ0n) is 8.47. The smallest absolute Gasteiger partial charge is 0.0686 e. The molecule has 1 fully saturated rings. The summed E-state index contributed by atoms with van der Waals surface area (Å²) in [4.78, 5) is 0. The minimum absolute atomic E-state index is 0.267. The van der Waals surface area contributed by atoms with Gasteiger partial charge in [-0.1, -0.05) is 12.8 Å². The van der Waals surface area contributed by atoms with E-state index in [2.05, 4.69) is 23.5 Å². The third-order valence-electron chi connectivity index (χ3n) is 2.62. The summed E-state index contributed by atoms with van der Waals surface area (Å²) in [6.45, 7) is 4.41. The number of terminal acetylenes is 1. The van der Waals surface area contributed by atoms with Crippen molar-refractivity contribution in [2.45, 2.75) is 44.7 Å². The van der Waals surface area contributed by atoms with E-state index in [0.29, 0.717) is 6.04 Å². The Morgan fingerprint density at radius 2 is 2.38 bits per heavy atom. The van der Waals surface area contributed by atoms with Crippen molar-refractivity contribution >= 4 is 0 Å². The molecule has 1 aliphatic heterocycles. The first-order valence-electron chi connectivity index (χ1n) is 5.29. The van der Waals surface area contributed by atoms with Gasteiger partial charge in [0.15, 0.2) is 0 Å². The molecule has 0 aliphatic carbocycles. The summed E-state index contributed by atoms with van der Waals surface area (Å²) in [7, 11) is 0. The number of rotatable bonds is 3. The number of nitrogens with one attached hydrogen (secondary N) is 2. The molecule has 0 aromatic heterocycles. The summed E-state index contributed by atoms with van der Waals surface area (Å²) in [5.41, 5.74) is 0. The molecule has 0 radical (unpaired) electrons. The van der Waals surface area contributed by atoms with E-state index < -0.39 is 0 Å². The van der Waals surface area contributed by atoms with E-state index in [1.165, 1.54) is 19.3 Å². The predicted molar refractivity (Wildman–Crippen MR) is 56.6 cm³/mol. The first-order valence-corrected chi connectivity index (χ1v) is 5.29. The summed E-state index contributed by atoms with van der Waals surface area (Å²) < 4.78 is 0. The van der Waals surface area contributed by atoms with Gasteiger partial charge >= 0.3 is 0 Å². The second-order valence-electron chi connectivity index (χ2n) is 3.67. The second-order valence-corrected chi connectivity index (χ2v) is 3.67. The van der Waals surface area contributed by atoms with Gasteiger partial charge in [0.25, 0.3) is 0 Å². The Kier molecular flexibility index (Phi) is 4.88. The molecule has 0 bridgehead atoms. The van der Waals surface area contributed by atoms with Crippen LogP contribution in [0.25, 0.3) is 0 Å². The monoisotopic (exact) mass is 180 g/mol. The summed E-state index contributed by atoms with van der Waals surface area (Å²) >= 11 is 0. The van der Waals surface area contributed by atoms with Gasteiger partial charge in [0, 0.05) is 6.04 Å². The largest absolute Gasteiger partial charge is 0.317 e. The van der Waals surface area contributed by atoms with Crippen molar-refractivity contribution in [1.29, 1.82) is 0 Å². The van der Waals surface area contributed by atoms with Crippen LogP contribution in [0, 0.1) is 12.3 Å². The van der Waals surface area contributed by atoms with Crippen molar-refractivity contribution < 1.29 is 0 Å².